The summed E-state index contributed by atoms with van der Waals surface area (Å²) in [5, 5.41) is 22.2. The molecule has 1 fully saturated rings. The molecule has 0 bridgehead atoms. The minimum atomic E-state index is -0.925. The maximum atomic E-state index is 12.5. The van der Waals surface area contributed by atoms with Crippen LogP contribution in [0.3, 0.4) is 0 Å². The fourth-order valence-electron chi connectivity index (χ4n) is 4.42. The SMILES string of the molecule is COC(=O)C1CC2CC(NNc3ccc([N+](=O)[O-])cc3[N+](=O)[O-])C=CC2(C(=O)OC)C1. The number of hydrogen-bond acceptors (Lipinski definition) is 10. The Hall–Kier alpha value is -3.54. The second kappa shape index (κ2) is 8.68. The van der Waals surface area contributed by atoms with Gasteiger partial charge in [-0.3, -0.25) is 29.8 Å². The molecule has 2 N–H and O–H groups in total. The van der Waals surface area contributed by atoms with Gasteiger partial charge in [-0.1, -0.05) is 12.2 Å². The van der Waals surface area contributed by atoms with Gasteiger partial charge >= 0.3 is 17.6 Å². The number of nitro benzene ring substituents is 2. The molecule has 1 aromatic carbocycles. The van der Waals surface area contributed by atoms with E-state index in [0.717, 1.165) is 12.1 Å². The van der Waals surface area contributed by atoms with Crippen molar-refractivity contribution >= 4 is 29.0 Å². The van der Waals surface area contributed by atoms with Crippen molar-refractivity contribution in [2.75, 3.05) is 19.6 Å². The number of esters is 2. The minimum Gasteiger partial charge on any atom is -0.469 e. The van der Waals surface area contributed by atoms with Gasteiger partial charge in [0.1, 0.15) is 5.69 Å². The molecule has 0 radical (unpaired) electrons. The van der Waals surface area contributed by atoms with Crippen molar-refractivity contribution in [1.29, 1.82) is 0 Å². The van der Waals surface area contributed by atoms with Crippen LogP contribution in [0, 0.1) is 37.5 Å². The Morgan fingerprint density at radius 2 is 1.87 bits per heavy atom. The summed E-state index contributed by atoms with van der Waals surface area (Å²) in [5.74, 6) is -1.42. The lowest BCUT2D eigenvalue weighted by atomic mass is 9.71. The van der Waals surface area contributed by atoms with Gasteiger partial charge in [-0.2, -0.15) is 0 Å². The molecular weight excluding hydrogens is 412 g/mol. The monoisotopic (exact) mass is 434 g/mol. The molecule has 2 aliphatic rings. The number of carbonyl (C=O) groups excluding carboxylic acids is 2. The summed E-state index contributed by atoms with van der Waals surface area (Å²) < 4.78 is 9.82. The lowest BCUT2D eigenvalue weighted by Gasteiger charge is -2.36. The summed E-state index contributed by atoms with van der Waals surface area (Å²) in [7, 11) is 2.60. The first-order chi connectivity index (χ1) is 14.7. The highest BCUT2D eigenvalue weighted by Gasteiger charge is 2.55. The summed E-state index contributed by atoms with van der Waals surface area (Å²) in [6.45, 7) is 0. The number of rotatable bonds is 7. The van der Waals surface area contributed by atoms with E-state index in [-0.39, 0.29) is 23.6 Å². The van der Waals surface area contributed by atoms with Gasteiger partial charge in [0.2, 0.25) is 0 Å². The van der Waals surface area contributed by atoms with Crippen LogP contribution in [0.2, 0.25) is 0 Å². The molecule has 0 spiro atoms. The van der Waals surface area contributed by atoms with Crippen LogP contribution in [-0.2, 0) is 19.1 Å². The maximum absolute atomic E-state index is 12.5. The fourth-order valence-corrected chi connectivity index (χ4v) is 4.42. The molecule has 4 unspecified atom stereocenters. The van der Waals surface area contributed by atoms with Crippen LogP contribution < -0.4 is 10.9 Å². The summed E-state index contributed by atoms with van der Waals surface area (Å²) in [4.78, 5) is 45.3. The van der Waals surface area contributed by atoms with Gasteiger partial charge < -0.3 is 14.9 Å². The van der Waals surface area contributed by atoms with E-state index in [1.54, 1.807) is 12.2 Å². The Morgan fingerprint density at radius 1 is 1.13 bits per heavy atom. The molecule has 1 saturated carbocycles. The molecule has 4 atom stereocenters. The number of hydrogen-bond donors (Lipinski definition) is 2. The number of nitrogens with one attached hydrogen (secondary N) is 2. The molecule has 166 valence electrons. The van der Waals surface area contributed by atoms with E-state index in [1.807, 2.05) is 0 Å². The highest BCUT2D eigenvalue weighted by atomic mass is 16.6. The van der Waals surface area contributed by atoms with Gasteiger partial charge in [-0.15, -0.1) is 0 Å². The lowest BCUT2D eigenvalue weighted by molar-refractivity contribution is -0.393. The van der Waals surface area contributed by atoms with Crippen molar-refractivity contribution in [3.63, 3.8) is 0 Å². The lowest BCUT2D eigenvalue weighted by Crippen LogP contribution is -2.43. The van der Waals surface area contributed by atoms with Crippen LogP contribution in [0.5, 0.6) is 0 Å². The largest absolute Gasteiger partial charge is 0.469 e. The van der Waals surface area contributed by atoms with Crippen LogP contribution in [0.1, 0.15) is 19.3 Å². The van der Waals surface area contributed by atoms with Crippen molar-refractivity contribution in [3.8, 4) is 0 Å². The predicted octanol–water partition coefficient (Wildman–Crippen LogP) is 2.11. The van der Waals surface area contributed by atoms with Crippen LogP contribution in [0.4, 0.5) is 17.1 Å². The number of non-ortho nitro benzene ring substituents is 1. The first kappa shape index (κ1) is 22.2. The summed E-state index contributed by atoms with van der Waals surface area (Å²) in [5.41, 5.74) is 3.98. The molecule has 0 aliphatic heterocycles. The Bertz CT molecular complexity index is 949. The number of nitro groups is 2. The zero-order valence-electron chi connectivity index (χ0n) is 16.9. The van der Waals surface area contributed by atoms with Gasteiger partial charge in [0.25, 0.3) is 5.69 Å². The Labute approximate surface area is 176 Å². The van der Waals surface area contributed by atoms with Crippen molar-refractivity contribution in [2.24, 2.45) is 17.3 Å². The second-order valence-corrected chi connectivity index (χ2v) is 7.58. The minimum absolute atomic E-state index is 0.0627. The van der Waals surface area contributed by atoms with Crippen LogP contribution >= 0.6 is 0 Å². The summed E-state index contributed by atoms with van der Waals surface area (Å²) >= 11 is 0. The quantitative estimate of drug-likeness (QED) is 0.281. The van der Waals surface area contributed by atoms with E-state index >= 15 is 0 Å². The van der Waals surface area contributed by atoms with E-state index in [0.29, 0.717) is 19.3 Å². The number of benzene rings is 1. The van der Waals surface area contributed by atoms with E-state index < -0.39 is 38.5 Å². The molecule has 12 nitrogen and oxygen atoms in total. The summed E-state index contributed by atoms with van der Waals surface area (Å²) in [6.07, 6.45) is 4.67. The molecule has 31 heavy (non-hydrogen) atoms. The third-order valence-corrected chi connectivity index (χ3v) is 5.93. The molecule has 0 saturated heterocycles. The van der Waals surface area contributed by atoms with Gasteiger partial charge in [0.15, 0.2) is 0 Å². The number of ether oxygens (including phenoxy) is 2. The average Bonchev–Trinajstić information content (AvgIpc) is 3.16. The summed E-state index contributed by atoms with van der Waals surface area (Å²) in [6, 6.07) is 2.97. The average molecular weight is 434 g/mol. The first-order valence-electron chi connectivity index (χ1n) is 9.51. The number of carbonyl (C=O) groups is 2. The van der Waals surface area contributed by atoms with E-state index in [2.05, 4.69) is 10.9 Å². The number of anilines is 1. The van der Waals surface area contributed by atoms with Crippen LogP contribution in [-0.4, -0.2) is 42.0 Å². The normalized spacial score (nSPS) is 26.6. The predicted molar refractivity (Wildman–Crippen MR) is 107 cm³/mol. The topological polar surface area (TPSA) is 163 Å². The maximum Gasteiger partial charge on any atom is 0.315 e. The van der Waals surface area contributed by atoms with Gasteiger partial charge in [-0.05, 0) is 31.2 Å². The zero-order chi connectivity index (χ0) is 22.8. The van der Waals surface area contributed by atoms with Crippen molar-refractivity contribution < 1.29 is 28.9 Å². The number of methoxy groups -OCH3 is 2. The van der Waals surface area contributed by atoms with Gasteiger partial charge in [0.05, 0.1) is 41.5 Å². The Kier molecular flexibility index (Phi) is 6.20. The molecule has 1 aromatic rings. The van der Waals surface area contributed by atoms with Gasteiger partial charge in [0, 0.05) is 12.1 Å². The standard InChI is InChI=1S/C19H22N4O8/c1-30-17(24)11-7-12-8-13(5-6-19(12,10-11)18(25)31-2)20-21-15-4-3-14(22(26)27)9-16(15)23(28)29/h3-6,9,11-13,20-21H,7-8,10H2,1-2H3. The highest BCUT2D eigenvalue weighted by Crippen LogP contribution is 2.53. The van der Waals surface area contributed by atoms with Gasteiger partial charge in [-0.25, -0.2) is 5.43 Å². The zero-order valence-corrected chi connectivity index (χ0v) is 16.9. The van der Waals surface area contributed by atoms with Crippen molar-refractivity contribution in [2.45, 2.75) is 25.3 Å². The molecule has 0 aromatic heterocycles. The van der Waals surface area contributed by atoms with Crippen molar-refractivity contribution in [1.82, 2.24) is 5.43 Å². The van der Waals surface area contributed by atoms with Crippen LogP contribution in [0.15, 0.2) is 30.4 Å². The first-order valence-corrected chi connectivity index (χ1v) is 9.51. The fraction of sp³-hybridized carbons (Fsp3) is 0.474. The Morgan fingerprint density at radius 3 is 2.48 bits per heavy atom. The van der Waals surface area contributed by atoms with E-state index in [9.17, 15) is 29.8 Å². The number of hydrazine groups is 1. The number of nitrogens with zero attached hydrogens (tertiary/aromatic N) is 2. The molecule has 0 heterocycles. The smallest absolute Gasteiger partial charge is 0.315 e. The third-order valence-electron chi connectivity index (χ3n) is 5.93. The van der Waals surface area contributed by atoms with Crippen molar-refractivity contribution in [3.05, 3.63) is 50.6 Å². The molecule has 12 heteroatoms. The number of fused-ring (bicyclic) bond motifs is 1. The molecule has 3 rings (SSSR count). The van der Waals surface area contributed by atoms with E-state index in [1.165, 1.54) is 20.3 Å². The Balaban J connectivity index is 1.77. The second-order valence-electron chi connectivity index (χ2n) is 7.58. The third kappa shape index (κ3) is 4.19. The van der Waals surface area contributed by atoms with E-state index in [4.69, 9.17) is 9.47 Å². The van der Waals surface area contributed by atoms with Crippen LogP contribution in [0.25, 0.3) is 0 Å². The molecule has 0 amide bonds. The molecular formula is C19H22N4O8. The molecule has 2 aliphatic carbocycles. The highest BCUT2D eigenvalue weighted by molar-refractivity contribution is 5.83.